The molecule has 1 unspecified atom stereocenters. The zero-order chi connectivity index (χ0) is 17.9. The number of benzene rings is 2. The zero-order valence-corrected chi connectivity index (χ0v) is 13.1. The minimum Gasteiger partial charge on any atom is -0.483 e. The molecule has 2 rings (SSSR count). The fourth-order valence-electron chi connectivity index (χ4n) is 2.36. The summed E-state index contributed by atoms with van der Waals surface area (Å²) < 4.78 is 5.44. The number of aryl methyl sites for hydroxylation is 2. The van der Waals surface area contributed by atoms with Crippen LogP contribution in [0.1, 0.15) is 22.8 Å². The summed E-state index contributed by atoms with van der Waals surface area (Å²) >= 11 is 0. The first-order chi connectivity index (χ1) is 11.3. The second-order valence-electron chi connectivity index (χ2n) is 5.37. The molecule has 0 aliphatic heterocycles. The molecule has 2 aromatic rings. The minimum absolute atomic E-state index is 0.0788. The Morgan fingerprint density at radius 3 is 2.46 bits per heavy atom. The summed E-state index contributed by atoms with van der Waals surface area (Å²) in [4.78, 5) is 20.8. The lowest BCUT2D eigenvalue weighted by atomic mass is 10.1. The molecular weight excluding hydrogens is 316 g/mol. The largest absolute Gasteiger partial charge is 0.483 e. The molecule has 8 heteroatoms. The lowest BCUT2D eigenvalue weighted by Gasteiger charge is -2.14. The molecule has 0 saturated carbocycles. The van der Waals surface area contributed by atoms with Gasteiger partial charge in [0.25, 0.3) is 5.69 Å². The Labute approximate surface area is 137 Å². The molecule has 0 spiro atoms. The van der Waals surface area contributed by atoms with Crippen molar-refractivity contribution in [3.05, 3.63) is 73.3 Å². The smallest absolute Gasteiger partial charge is 0.311 e. The monoisotopic (exact) mass is 332 g/mol. The molecule has 1 N–H and O–H groups in total. The van der Waals surface area contributed by atoms with Crippen LogP contribution in [0, 0.1) is 34.1 Å². The molecule has 0 radical (unpaired) electrons. The molecule has 1 atom stereocenters. The van der Waals surface area contributed by atoms with Crippen LogP contribution in [0.25, 0.3) is 0 Å². The van der Waals surface area contributed by atoms with Gasteiger partial charge in [0.2, 0.25) is 0 Å². The van der Waals surface area contributed by atoms with Crippen LogP contribution in [-0.4, -0.2) is 21.6 Å². The van der Waals surface area contributed by atoms with Gasteiger partial charge in [0.05, 0.1) is 9.85 Å². The quantitative estimate of drug-likeness (QED) is 0.641. The normalized spacial score (nSPS) is 11.8. The predicted molar refractivity (Wildman–Crippen MR) is 86.1 cm³/mol. The van der Waals surface area contributed by atoms with Crippen molar-refractivity contribution >= 4 is 11.4 Å². The fourth-order valence-corrected chi connectivity index (χ4v) is 2.36. The van der Waals surface area contributed by atoms with Gasteiger partial charge in [-0.2, -0.15) is 0 Å². The van der Waals surface area contributed by atoms with Gasteiger partial charge in [-0.15, -0.1) is 0 Å². The third-order valence-corrected chi connectivity index (χ3v) is 3.45. The molecule has 0 aliphatic carbocycles. The lowest BCUT2D eigenvalue weighted by Crippen LogP contribution is -2.11. The van der Waals surface area contributed by atoms with Crippen LogP contribution in [0.5, 0.6) is 5.75 Å². The highest BCUT2D eigenvalue weighted by atomic mass is 16.6. The van der Waals surface area contributed by atoms with Gasteiger partial charge in [-0.25, -0.2) is 0 Å². The van der Waals surface area contributed by atoms with E-state index in [1.165, 1.54) is 30.3 Å². The summed E-state index contributed by atoms with van der Waals surface area (Å²) in [6.07, 6.45) is -1.15. The van der Waals surface area contributed by atoms with Crippen molar-refractivity contribution in [3.8, 4) is 5.75 Å². The Morgan fingerprint density at radius 1 is 1.12 bits per heavy atom. The molecule has 126 valence electrons. The molecule has 0 amide bonds. The summed E-state index contributed by atoms with van der Waals surface area (Å²) in [6.45, 7) is 3.16. The predicted octanol–water partition coefficient (Wildman–Crippen LogP) is 3.23. The first-order valence-corrected chi connectivity index (χ1v) is 7.10. The van der Waals surface area contributed by atoms with E-state index in [0.717, 1.165) is 5.56 Å². The standard InChI is InChI=1S/C16H16N2O6/c1-10-6-11(2)16(14(7-10)18(22)23)24-9-15(19)12-4-3-5-13(8-12)17(20)21/h3-8,15,19H,9H2,1-2H3. The Hall–Kier alpha value is -3.00. The number of non-ortho nitro benzene ring substituents is 1. The molecule has 8 nitrogen and oxygen atoms in total. The molecule has 0 aliphatic rings. The van der Waals surface area contributed by atoms with Crippen molar-refractivity contribution in [2.45, 2.75) is 20.0 Å². The summed E-state index contributed by atoms with van der Waals surface area (Å²) in [6, 6.07) is 8.66. The van der Waals surface area contributed by atoms with E-state index in [9.17, 15) is 25.3 Å². The first-order valence-electron chi connectivity index (χ1n) is 7.10. The molecule has 0 aromatic heterocycles. The van der Waals surface area contributed by atoms with Crippen molar-refractivity contribution in [2.24, 2.45) is 0 Å². The molecule has 0 fully saturated rings. The average Bonchev–Trinajstić information content (AvgIpc) is 2.53. The third-order valence-electron chi connectivity index (χ3n) is 3.45. The fraction of sp³-hybridized carbons (Fsp3) is 0.250. The minimum atomic E-state index is -1.15. The molecule has 0 heterocycles. The van der Waals surface area contributed by atoms with Crippen LogP contribution in [0.15, 0.2) is 36.4 Å². The molecule has 24 heavy (non-hydrogen) atoms. The lowest BCUT2D eigenvalue weighted by molar-refractivity contribution is -0.386. The van der Waals surface area contributed by atoms with Gasteiger partial charge >= 0.3 is 5.69 Å². The molecule has 0 saturated heterocycles. The van der Waals surface area contributed by atoms with Crippen LogP contribution in [0.4, 0.5) is 11.4 Å². The van der Waals surface area contributed by atoms with Crippen molar-refractivity contribution in [1.82, 2.24) is 0 Å². The highest BCUT2D eigenvalue weighted by molar-refractivity contribution is 5.53. The number of ether oxygens (including phenoxy) is 1. The number of aliphatic hydroxyl groups is 1. The Morgan fingerprint density at radius 2 is 1.83 bits per heavy atom. The molecule has 0 bridgehead atoms. The van der Waals surface area contributed by atoms with Crippen LogP contribution in [0.2, 0.25) is 0 Å². The van der Waals surface area contributed by atoms with E-state index in [4.69, 9.17) is 4.74 Å². The van der Waals surface area contributed by atoms with E-state index in [1.807, 2.05) is 0 Å². The summed E-state index contributed by atoms with van der Waals surface area (Å²) in [7, 11) is 0. The van der Waals surface area contributed by atoms with Crippen LogP contribution < -0.4 is 4.74 Å². The average molecular weight is 332 g/mol. The summed E-state index contributed by atoms with van der Waals surface area (Å²) in [5.41, 5.74) is 1.28. The van der Waals surface area contributed by atoms with Crippen molar-refractivity contribution in [2.75, 3.05) is 6.61 Å². The zero-order valence-electron chi connectivity index (χ0n) is 13.1. The van der Waals surface area contributed by atoms with E-state index in [0.29, 0.717) is 11.1 Å². The van der Waals surface area contributed by atoms with Gasteiger partial charge in [-0.05, 0) is 30.5 Å². The van der Waals surface area contributed by atoms with E-state index in [2.05, 4.69) is 0 Å². The second-order valence-corrected chi connectivity index (χ2v) is 5.37. The van der Waals surface area contributed by atoms with Gasteiger partial charge in [0, 0.05) is 18.2 Å². The topological polar surface area (TPSA) is 116 Å². The highest BCUT2D eigenvalue weighted by Crippen LogP contribution is 2.33. The number of nitro benzene ring substituents is 2. The SMILES string of the molecule is Cc1cc(C)c(OCC(O)c2cccc([N+](=O)[O-])c2)c([N+](=O)[O-])c1. The maximum atomic E-state index is 11.1. The number of rotatable bonds is 6. The maximum Gasteiger partial charge on any atom is 0.311 e. The van der Waals surface area contributed by atoms with E-state index >= 15 is 0 Å². The number of aliphatic hydroxyl groups excluding tert-OH is 1. The van der Waals surface area contributed by atoms with Crippen LogP contribution >= 0.6 is 0 Å². The molecule has 2 aromatic carbocycles. The van der Waals surface area contributed by atoms with Gasteiger partial charge in [0.1, 0.15) is 12.7 Å². The van der Waals surface area contributed by atoms with Crippen LogP contribution in [0.3, 0.4) is 0 Å². The van der Waals surface area contributed by atoms with Gasteiger partial charge in [-0.3, -0.25) is 20.2 Å². The van der Waals surface area contributed by atoms with Gasteiger partial charge < -0.3 is 9.84 Å². The van der Waals surface area contributed by atoms with Gasteiger partial charge in [0.15, 0.2) is 5.75 Å². The second kappa shape index (κ2) is 7.05. The van der Waals surface area contributed by atoms with E-state index in [1.54, 1.807) is 19.9 Å². The van der Waals surface area contributed by atoms with Crippen molar-refractivity contribution < 1.29 is 19.7 Å². The Bertz CT molecular complexity index is 790. The number of hydrogen-bond acceptors (Lipinski definition) is 6. The number of nitrogens with zero attached hydrogens (tertiary/aromatic N) is 2. The maximum absolute atomic E-state index is 11.1. The van der Waals surface area contributed by atoms with Gasteiger partial charge in [-0.1, -0.05) is 18.2 Å². The highest BCUT2D eigenvalue weighted by Gasteiger charge is 2.20. The Kier molecular flexibility index (Phi) is 5.10. The number of hydrogen-bond donors (Lipinski definition) is 1. The Balaban J connectivity index is 2.20. The number of nitro groups is 2. The van der Waals surface area contributed by atoms with E-state index < -0.39 is 16.0 Å². The summed E-state index contributed by atoms with van der Waals surface area (Å²) in [5, 5.41) is 32.1. The van der Waals surface area contributed by atoms with Crippen molar-refractivity contribution in [3.63, 3.8) is 0 Å². The van der Waals surface area contributed by atoms with E-state index in [-0.39, 0.29) is 23.7 Å². The van der Waals surface area contributed by atoms with Crippen molar-refractivity contribution in [1.29, 1.82) is 0 Å². The third kappa shape index (κ3) is 3.85. The first kappa shape index (κ1) is 17.4. The summed E-state index contributed by atoms with van der Waals surface area (Å²) in [5.74, 6) is 0.0788. The van der Waals surface area contributed by atoms with Crippen LogP contribution in [-0.2, 0) is 0 Å². The molecular formula is C16H16N2O6.